The number of anilines is 2. The van der Waals surface area contributed by atoms with Crippen LogP contribution in [0.25, 0.3) is 0 Å². The standard InChI is InChI=1S/C22H27ClN4O/c23-19-5-4-6-20(14-19)27-12-8-17(16-27)15-25-21-13-18(7-9-24-21)22(28)26-10-2-1-3-11-26/h4-7,9,13-14,17H,1-3,8,10-12,15-16H2,(H,24,25). The molecule has 0 bridgehead atoms. The first-order valence-corrected chi connectivity index (χ1v) is 10.6. The van der Waals surface area contributed by atoms with Crippen LogP contribution in [0.5, 0.6) is 0 Å². The van der Waals surface area contributed by atoms with Crippen LogP contribution in [0, 0.1) is 5.92 Å². The predicted octanol–water partition coefficient (Wildman–Crippen LogP) is 4.30. The van der Waals surface area contributed by atoms with Crippen molar-refractivity contribution in [2.75, 3.05) is 42.9 Å². The number of amides is 1. The highest BCUT2D eigenvalue weighted by Crippen LogP contribution is 2.26. The van der Waals surface area contributed by atoms with E-state index < -0.39 is 0 Å². The van der Waals surface area contributed by atoms with E-state index in [1.165, 1.54) is 12.1 Å². The smallest absolute Gasteiger partial charge is 0.254 e. The van der Waals surface area contributed by atoms with Crippen molar-refractivity contribution in [3.05, 3.63) is 53.2 Å². The van der Waals surface area contributed by atoms with Gasteiger partial charge in [-0.2, -0.15) is 0 Å². The number of halogens is 1. The summed E-state index contributed by atoms with van der Waals surface area (Å²) in [5, 5.41) is 4.21. The molecule has 2 saturated heterocycles. The molecule has 1 aromatic carbocycles. The number of likely N-dealkylation sites (tertiary alicyclic amines) is 1. The molecule has 2 aliphatic rings. The lowest BCUT2D eigenvalue weighted by Gasteiger charge is -2.26. The van der Waals surface area contributed by atoms with Gasteiger partial charge < -0.3 is 15.1 Å². The molecule has 3 heterocycles. The number of carbonyl (C=O) groups is 1. The largest absolute Gasteiger partial charge is 0.371 e. The average molecular weight is 399 g/mol. The number of piperidine rings is 1. The van der Waals surface area contributed by atoms with Crippen molar-refractivity contribution in [1.29, 1.82) is 0 Å². The van der Waals surface area contributed by atoms with E-state index >= 15 is 0 Å². The summed E-state index contributed by atoms with van der Waals surface area (Å²) in [6, 6.07) is 11.7. The first kappa shape index (κ1) is 19.1. The van der Waals surface area contributed by atoms with Crippen LogP contribution in [0.3, 0.4) is 0 Å². The summed E-state index contributed by atoms with van der Waals surface area (Å²) >= 11 is 6.12. The Morgan fingerprint density at radius 1 is 1.14 bits per heavy atom. The van der Waals surface area contributed by atoms with Crippen molar-refractivity contribution in [3.8, 4) is 0 Å². The number of nitrogens with zero attached hydrogens (tertiary/aromatic N) is 3. The van der Waals surface area contributed by atoms with E-state index in [-0.39, 0.29) is 5.91 Å². The van der Waals surface area contributed by atoms with E-state index in [0.717, 1.165) is 68.4 Å². The van der Waals surface area contributed by atoms with Crippen LogP contribution in [0.15, 0.2) is 42.6 Å². The number of carbonyl (C=O) groups excluding carboxylic acids is 1. The van der Waals surface area contributed by atoms with Gasteiger partial charge in [0.25, 0.3) is 5.91 Å². The van der Waals surface area contributed by atoms with Crippen LogP contribution < -0.4 is 10.2 Å². The maximum atomic E-state index is 12.7. The molecule has 0 aliphatic carbocycles. The molecule has 2 aromatic rings. The predicted molar refractivity (Wildman–Crippen MR) is 114 cm³/mol. The van der Waals surface area contributed by atoms with Gasteiger partial charge in [0.15, 0.2) is 0 Å². The summed E-state index contributed by atoms with van der Waals surface area (Å²) in [5.74, 6) is 1.45. The molecule has 2 fully saturated rings. The van der Waals surface area contributed by atoms with Gasteiger partial charge >= 0.3 is 0 Å². The molecule has 2 aliphatic heterocycles. The minimum absolute atomic E-state index is 0.123. The first-order valence-electron chi connectivity index (χ1n) is 10.2. The van der Waals surface area contributed by atoms with Crippen molar-refractivity contribution in [3.63, 3.8) is 0 Å². The van der Waals surface area contributed by atoms with Gasteiger partial charge in [-0.1, -0.05) is 17.7 Å². The van der Waals surface area contributed by atoms with Gasteiger partial charge in [0, 0.05) is 55.2 Å². The summed E-state index contributed by atoms with van der Waals surface area (Å²) in [7, 11) is 0. The van der Waals surface area contributed by atoms with Gasteiger partial charge in [-0.25, -0.2) is 4.98 Å². The molecule has 6 heteroatoms. The number of aromatic nitrogens is 1. The number of nitrogens with one attached hydrogen (secondary N) is 1. The summed E-state index contributed by atoms with van der Waals surface area (Å²) in [4.78, 5) is 21.4. The minimum Gasteiger partial charge on any atom is -0.371 e. The van der Waals surface area contributed by atoms with Crippen molar-refractivity contribution in [2.45, 2.75) is 25.7 Å². The summed E-state index contributed by atoms with van der Waals surface area (Å²) in [6.07, 6.45) is 6.29. The molecule has 28 heavy (non-hydrogen) atoms. The molecule has 0 radical (unpaired) electrons. The van der Waals surface area contributed by atoms with Gasteiger partial charge in [0.2, 0.25) is 0 Å². The molecule has 4 rings (SSSR count). The Kier molecular flexibility index (Phi) is 6.01. The maximum absolute atomic E-state index is 12.7. The molecule has 1 aromatic heterocycles. The fourth-order valence-corrected chi connectivity index (χ4v) is 4.28. The fourth-order valence-electron chi connectivity index (χ4n) is 4.10. The second-order valence-corrected chi connectivity index (χ2v) is 8.18. The van der Waals surface area contributed by atoms with Crippen LogP contribution in [-0.2, 0) is 0 Å². The molecule has 1 amide bonds. The Balaban J connectivity index is 1.32. The van der Waals surface area contributed by atoms with Crippen LogP contribution in [0.4, 0.5) is 11.5 Å². The van der Waals surface area contributed by atoms with Crippen LogP contribution in [0.1, 0.15) is 36.0 Å². The Hall–Kier alpha value is -2.27. The Bertz CT molecular complexity index is 822. The number of hydrogen-bond acceptors (Lipinski definition) is 4. The zero-order valence-corrected chi connectivity index (χ0v) is 16.9. The SMILES string of the molecule is O=C(c1ccnc(NCC2CCN(c3cccc(Cl)c3)C2)c1)N1CCCCC1. The fraction of sp³-hybridized carbons (Fsp3) is 0.455. The van der Waals surface area contributed by atoms with E-state index in [2.05, 4.69) is 21.3 Å². The molecule has 5 nitrogen and oxygen atoms in total. The monoisotopic (exact) mass is 398 g/mol. The van der Waals surface area contributed by atoms with Crippen molar-refractivity contribution < 1.29 is 4.79 Å². The summed E-state index contributed by atoms with van der Waals surface area (Å²) in [6.45, 7) is 4.62. The lowest BCUT2D eigenvalue weighted by atomic mass is 10.1. The van der Waals surface area contributed by atoms with E-state index in [9.17, 15) is 4.79 Å². The third-order valence-electron chi connectivity index (χ3n) is 5.68. The highest BCUT2D eigenvalue weighted by atomic mass is 35.5. The number of benzene rings is 1. The minimum atomic E-state index is 0.123. The average Bonchev–Trinajstić information content (AvgIpc) is 3.22. The summed E-state index contributed by atoms with van der Waals surface area (Å²) < 4.78 is 0. The summed E-state index contributed by atoms with van der Waals surface area (Å²) in [5.41, 5.74) is 1.91. The van der Waals surface area contributed by atoms with Gasteiger partial charge in [-0.05, 0) is 61.9 Å². The molecule has 1 N–H and O–H groups in total. The molecule has 148 valence electrons. The van der Waals surface area contributed by atoms with Crippen molar-refractivity contribution in [1.82, 2.24) is 9.88 Å². The van der Waals surface area contributed by atoms with Crippen LogP contribution in [-0.4, -0.2) is 48.5 Å². The van der Waals surface area contributed by atoms with E-state index in [1.54, 1.807) is 6.20 Å². The number of pyridine rings is 1. The molecule has 0 saturated carbocycles. The van der Waals surface area contributed by atoms with Gasteiger partial charge in [0.1, 0.15) is 5.82 Å². The van der Waals surface area contributed by atoms with Gasteiger partial charge in [-0.3, -0.25) is 4.79 Å². The lowest BCUT2D eigenvalue weighted by Crippen LogP contribution is -2.35. The maximum Gasteiger partial charge on any atom is 0.254 e. The zero-order valence-electron chi connectivity index (χ0n) is 16.1. The van der Waals surface area contributed by atoms with Crippen molar-refractivity contribution in [2.24, 2.45) is 5.92 Å². The van der Waals surface area contributed by atoms with E-state index in [1.807, 2.05) is 35.2 Å². The van der Waals surface area contributed by atoms with Crippen molar-refractivity contribution >= 4 is 29.0 Å². The van der Waals surface area contributed by atoms with Gasteiger partial charge in [-0.15, -0.1) is 0 Å². The first-order chi connectivity index (χ1) is 13.7. The molecular weight excluding hydrogens is 372 g/mol. The second kappa shape index (κ2) is 8.82. The quantitative estimate of drug-likeness (QED) is 0.815. The number of hydrogen-bond donors (Lipinski definition) is 1. The van der Waals surface area contributed by atoms with E-state index in [4.69, 9.17) is 11.6 Å². The van der Waals surface area contributed by atoms with Crippen LogP contribution >= 0.6 is 11.6 Å². The highest BCUT2D eigenvalue weighted by molar-refractivity contribution is 6.30. The van der Waals surface area contributed by atoms with Gasteiger partial charge in [0.05, 0.1) is 0 Å². The normalized spacial score (nSPS) is 19.7. The topological polar surface area (TPSA) is 48.5 Å². The molecule has 1 atom stereocenters. The molecule has 1 unspecified atom stereocenters. The highest BCUT2D eigenvalue weighted by Gasteiger charge is 2.23. The third kappa shape index (κ3) is 4.58. The third-order valence-corrected chi connectivity index (χ3v) is 5.92. The second-order valence-electron chi connectivity index (χ2n) is 7.74. The Morgan fingerprint density at radius 2 is 2.00 bits per heavy atom. The Labute approximate surface area is 171 Å². The zero-order chi connectivity index (χ0) is 19.3. The lowest BCUT2D eigenvalue weighted by molar-refractivity contribution is 0.0724. The number of rotatable bonds is 5. The van der Waals surface area contributed by atoms with E-state index in [0.29, 0.717) is 5.92 Å². The van der Waals surface area contributed by atoms with Crippen LogP contribution in [0.2, 0.25) is 5.02 Å². The molecule has 0 spiro atoms. The Morgan fingerprint density at radius 3 is 2.82 bits per heavy atom. The molecular formula is C22H27ClN4O.